The predicted octanol–water partition coefficient (Wildman–Crippen LogP) is -0.361. The topological polar surface area (TPSA) is 69.8 Å². The zero-order chi connectivity index (χ0) is 13.1. The molecule has 1 aliphatic rings. The summed E-state index contributed by atoms with van der Waals surface area (Å²) in [6.45, 7) is 9.75. The fraction of sp³-hybridized carbons (Fsp3) is 0.917. The lowest BCUT2D eigenvalue weighted by atomic mass is 10.1. The van der Waals surface area contributed by atoms with Crippen LogP contribution in [0.5, 0.6) is 0 Å². The van der Waals surface area contributed by atoms with Crippen molar-refractivity contribution >= 4 is 5.91 Å². The first-order valence-corrected chi connectivity index (χ1v) is 6.31. The van der Waals surface area contributed by atoms with Crippen LogP contribution in [0.15, 0.2) is 0 Å². The maximum atomic E-state index is 11.3. The quantitative estimate of drug-likeness (QED) is 0.692. The monoisotopic (exact) mass is 243 g/mol. The molecule has 100 valence electrons. The normalized spacial score (nSPS) is 21.4. The van der Waals surface area contributed by atoms with Gasteiger partial charge in [-0.15, -0.1) is 0 Å². The number of hydrogen-bond donors (Lipinski definition) is 2. The zero-order valence-electron chi connectivity index (χ0n) is 11.1. The molecule has 0 bridgehead atoms. The summed E-state index contributed by atoms with van der Waals surface area (Å²) in [5.74, 6) is -0.233. The van der Waals surface area contributed by atoms with Crippen LogP contribution < -0.4 is 5.73 Å². The molecule has 1 fully saturated rings. The Hall–Kier alpha value is -0.650. The minimum absolute atomic E-state index is 0.140. The van der Waals surface area contributed by atoms with Crippen molar-refractivity contribution in [3.05, 3.63) is 0 Å². The highest BCUT2D eigenvalue weighted by molar-refractivity contribution is 5.79. The molecule has 5 nitrogen and oxygen atoms in total. The largest absolute Gasteiger partial charge is 0.389 e. The number of amides is 1. The SMILES string of the molecule is CCC(C(N)=O)N1CCN(CC(C)(C)O)CC1. The van der Waals surface area contributed by atoms with Crippen molar-refractivity contribution in [1.82, 2.24) is 9.80 Å². The molecular weight excluding hydrogens is 218 g/mol. The molecule has 0 radical (unpaired) electrons. The van der Waals surface area contributed by atoms with Crippen molar-refractivity contribution in [2.45, 2.75) is 38.8 Å². The van der Waals surface area contributed by atoms with Crippen molar-refractivity contribution in [1.29, 1.82) is 0 Å². The van der Waals surface area contributed by atoms with Crippen LogP contribution in [-0.4, -0.2) is 65.2 Å². The summed E-state index contributed by atoms with van der Waals surface area (Å²) < 4.78 is 0. The zero-order valence-corrected chi connectivity index (χ0v) is 11.1. The van der Waals surface area contributed by atoms with E-state index < -0.39 is 5.60 Å². The summed E-state index contributed by atoms with van der Waals surface area (Å²) in [5, 5.41) is 9.75. The van der Waals surface area contributed by atoms with E-state index in [-0.39, 0.29) is 11.9 Å². The van der Waals surface area contributed by atoms with Gasteiger partial charge in [0.2, 0.25) is 5.91 Å². The molecule has 1 rings (SSSR count). The van der Waals surface area contributed by atoms with Gasteiger partial charge in [0.25, 0.3) is 0 Å². The van der Waals surface area contributed by atoms with Crippen molar-refractivity contribution in [2.24, 2.45) is 5.73 Å². The minimum atomic E-state index is -0.657. The molecule has 1 aliphatic heterocycles. The number of rotatable bonds is 5. The van der Waals surface area contributed by atoms with Gasteiger partial charge in [0.1, 0.15) is 0 Å². The van der Waals surface area contributed by atoms with E-state index in [1.165, 1.54) is 0 Å². The second-order valence-corrected chi connectivity index (χ2v) is 5.45. The number of piperazine rings is 1. The molecule has 0 aromatic heterocycles. The third-order valence-corrected chi connectivity index (χ3v) is 3.17. The molecule has 1 atom stereocenters. The second-order valence-electron chi connectivity index (χ2n) is 5.45. The molecule has 1 unspecified atom stereocenters. The van der Waals surface area contributed by atoms with E-state index in [4.69, 9.17) is 5.73 Å². The van der Waals surface area contributed by atoms with Crippen molar-refractivity contribution < 1.29 is 9.90 Å². The van der Waals surface area contributed by atoms with Gasteiger partial charge in [0, 0.05) is 32.7 Å². The molecule has 3 N–H and O–H groups in total. The Morgan fingerprint density at radius 3 is 2.24 bits per heavy atom. The van der Waals surface area contributed by atoms with Gasteiger partial charge in [-0.25, -0.2) is 0 Å². The third-order valence-electron chi connectivity index (χ3n) is 3.17. The van der Waals surface area contributed by atoms with E-state index in [9.17, 15) is 9.90 Å². The smallest absolute Gasteiger partial charge is 0.234 e. The summed E-state index contributed by atoms with van der Waals surface area (Å²) in [6, 6.07) is -0.140. The van der Waals surface area contributed by atoms with E-state index in [1.54, 1.807) is 0 Å². The fourth-order valence-electron chi connectivity index (χ4n) is 2.42. The predicted molar refractivity (Wildman–Crippen MR) is 67.6 cm³/mol. The molecule has 1 heterocycles. The molecule has 5 heteroatoms. The number of β-amino-alcohol motifs (C(OH)–C–C–N with tert-alkyl or cyclic N) is 1. The van der Waals surface area contributed by atoms with Gasteiger partial charge in [0.05, 0.1) is 11.6 Å². The number of carbonyl (C=O) groups excluding carboxylic acids is 1. The lowest BCUT2D eigenvalue weighted by Gasteiger charge is -2.39. The molecule has 17 heavy (non-hydrogen) atoms. The number of nitrogens with two attached hydrogens (primary N) is 1. The van der Waals surface area contributed by atoms with E-state index in [0.717, 1.165) is 32.6 Å². The lowest BCUT2D eigenvalue weighted by Crippen LogP contribution is -2.55. The Balaban J connectivity index is 2.42. The minimum Gasteiger partial charge on any atom is -0.389 e. The van der Waals surface area contributed by atoms with Crippen LogP contribution in [0.3, 0.4) is 0 Å². The first kappa shape index (κ1) is 14.4. The summed E-state index contributed by atoms with van der Waals surface area (Å²) in [5.41, 5.74) is 4.72. The van der Waals surface area contributed by atoms with Gasteiger partial charge in [-0.2, -0.15) is 0 Å². The Bertz CT molecular complexity index is 255. The van der Waals surface area contributed by atoms with Gasteiger partial charge in [0.15, 0.2) is 0 Å². The molecule has 0 aromatic carbocycles. The fourth-order valence-corrected chi connectivity index (χ4v) is 2.42. The molecule has 1 amide bonds. The Morgan fingerprint density at radius 1 is 1.35 bits per heavy atom. The van der Waals surface area contributed by atoms with E-state index in [1.807, 2.05) is 20.8 Å². The van der Waals surface area contributed by atoms with Crippen molar-refractivity contribution in [3.8, 4) is 0 Å². The van der Waals surface area contributed by atoms with Gasteiger partial charge in [-0.3, -0.25) is 14.6 Å². The number of carbonyl (C=O) groups is 1. The average Bonchev–Trinajstić information content (AvgIpc) is 2.18. The van der Waals surface area contributed by atoms with Gasteiger partial charge < -0.3 is 10.8 Å². The van der Waals surface area contributed by atoms with Crippen LogP contribution in [0.25, 0.3) is 0 Å². The lowest BCUT2D eigenvalue weighted by molar-refractivity contribution is -0.124. The second kappa shape index (κ2) is 5.80. The number of aliphatic hydroxyl groups is 1. The number of hydrogen-bond acceptors (Lipinski definition) is 4. The van der Waals surface area contributed by atoms with Crippen LogP contribution in [0.4, 0.5) is 0 Å². The maximum Gasteiger partial charge on any atom is 0.234 e. The van der Waals surface area contributed by atoms with Gasteiger partial charge in [-0.1, -0.05) is 6.92 Å². The molecule has 0 aromatic rings. The van der Waals surface area contributed by atoms with Crippen molar-refractivity contribution in [3.63, 3.8) is 0 Å². The van der Waals surface area contributed by atoms with Crippen LogP contribution >= 0.6 is 0 Å². The summed E-state index contributed by atoms with van der Waals surface area (Å²) in [7, 11) is 0. The van der Waals surface area contributed by atoms with E-state index >= 15 is 0 Å². The maximum absolute atomic E-state index is 11.3. The Kier molecular flexibility index (Phi) is 4.91. The van der Waals surface area contributed by atoms with Gasteiger partial charge >= 0.3 is 0 Å². The molecule has 0 aliphatic carbocycles. The third kappa shape index (κ3) is 4.61. The summed E-state index contributed by atoms with van der Waals surface area (Å²) >= 11 is 0. The molecule has 0 spiro atoms. The standard InChI is InChI=1S/C12H25N3O2/c1-4-10(11(13)16)15-7-5-14(6-8-15)9-12(2,3)17/h10,17H,4-9H2,1-3H3,(H2,13,16). The Morgan fingerprint density at radius 2 is 1.88 bits per heavy atom. The van der Waals surface area contributed by atoms with Crippen LogP contribution in [-0.2, 0) is 4.79 Å². The van der Waals surface area contributed by atoms with Crippen LogP contribution in [0.2, 0.25) is 0 Å². The highest BCUT2D eigenvalue weighted by Crippen LogP contribution is 2.12. The van der Waals surface area contributed by atoms with E-state index in [2.05, 4.69) is 9.80 Å². The molecular formula is C12H25N3O2. The number of nitrogens with zero attached hydrogens (tertiary/aromatic N) is 2. The first-order valence-electron chi connectivity index (χ1n) is 6.31. The van der Waals surface area contributed by atoms with Crippen molar-refractivity contribution in [2.75, 3.05) is 32.7 Å². The van der Waals surface area contributed by atoms with Crippen LogP contribution in [0.1, 0.15) is 27.2 Å². The molecule has 1 saturated heterocycles. The summed E-state index contributed by atoms with van der Waals surface area (Å²) in [4.78, 5) is 15.6. The highest BCUT2D eigenvalue weighted by Gasteiger charge is 2.27. The highest BCUT2D eigenvalue weighted by atomic mass is 16.3. The summed E-state index contributed by atoms with van der Waals surface area (Å²) in [6.07, 6.45) is 0.765. The first-order chi connectivity index (χ1) is 7.83. The van der Waals surface area contributed by atoms with Crippen LogP contribution in [0, 0.1) is 0 Å². The van der Waals surface area contributed by atoms with E-state index in [0.29, 0.717) is 6.54 Å². The Labute approximate surface area is 104 Å². The average molecular weight is 243 g/mol. The number of primary amides is 1. The molecule has 0 saturated carbocycles. The van der Waals surface area contributed by atoms with Gasteiger partial charge in [-0.05, 0) is 20.3 Å².